The number of amides is 1. The highest BCUT2D eigenvalue weighted by Crippen LogP contribution is 2.31. The van der Waals surface area contributed by atoms with Gasteiger partial charge in [0.15, 0.2) is 0 Å². The lowest BCUT2D eigenvalue weighted by molar-refractivity contribution is -0.147. The summed E-state index contributed by atoms with van der Waals surface area (Å²) in [6, 6.07) is 10.2. The van der Waals surface area contributed by atoms with Crippen molar-refractivity contribution in [1.82, 2.24) is 9.21 Å². The van der Waals surface area contributed by atoms with E-state index in [1.54, 1.807) is 41.3 Å². The second kappa shape index (κ2) is 9.37. The third kappa shape index (κ3) is 4.77. The molecule has 2 fully saturated rings. The highest BCUT2D eigenvalue weighted by molar-refractivity contribution is 7.89. The Balaban J connectivity index is 1.38. The van der Waals surface area contributed by atoms with E-state index in [0.29, 0.717) is 24.0 Å². The molecular weight excluding hydrogens is 452 g/mol. The van der Waals surface area contributed by atoms with Crippen molar-refractivity contribution in [3.63, 3.8) is 0 Å². The highest BCUT2D eigenvalue weighted by atomic mass is 35.5. The van der Waals surface area contributed by atoms with E-state index in [9.17, 15) is 18.0 Å². The second-order valence-corrected chi connectivity index (χ2v) is 10.9. The molecule has 2 aromatic carbocycles. The minimum atomic E-state index is -3.77. The van der Waals surface area contributed by atoms with Gasteiger partial charge in [0.2, 0.25) is 15.9 Å². The predicted molar refractivity (Wildman–Crippen MR) is 122 cm³/mol. The van der Waals surface area contributed by atoms with Gasteiger partial charge in [0.1, 0.15) is 0 Å². The molecule has 2 aliphatic rings. The SMILES string of the molecule is COC(=O)[C@H]1CC[C@H](CN2CCN(S(=O)(=O)c3ccc4cc(Cl)ccc4c3)CC2=O)CC1. The first-order valence-corrected chi connectivity index (χ1v) is 12.6. The van der Waals surface area contributed by atoms with Crippen LogP contribution in [0.4, 0.5) is 0 Å². The summed E-state index contributed by atoms with van der Waals surface area (Å²) in [7, 11) is -2.36. The van der Waals surface area contributed by atoms with Crippen LogP contribution in [0.3, 0.4) is 0 Å². The quantitative estimate of drug-likeness (QED) is 0.615. The number of carbonyl (C=O) groups excluding carboxylic acids is 2. The largest absolute Gasteiger partial charge is 0.469 e. The van der Waals surface area contributed by atoms with Gasteiger partial charge in [-0.2, -0.15) is 4.31 Å². The molecule has 1 heterocycles. The van der Waals surface area contributed by atoms with E-state index in [0.717, 1.165) is 36.5 Å². The number of methoxy groups -OCH3 is 1. The van der Waals surface area contributed by atoms with Crippen LogP contribution in [0.2, 0.25) is 5.02 Å². The Morgan fingerprint density at radius 2 is 1.75 bits per heavy atom. The average Bonchev–Trinajstić information content (AvgIpc) is 2.79. The molecule has 2 aromatic rings. The lowest BCUT2D eigenvalue weighted by Gasteiger charge is -2.37. The van der Waals surface area contributed by atoms with Crippen LogP contribution in [0.5, 0.6) is 0 Å². The van der Waals surface area contributed by atoms with Crippen LogP contribution in [0.15, 0.2) is 41.3 Å². The van der Waals surface area contributed by atoms with E-state index in [2.05, 4.69) is 0 Å². The molecule has 0 radical (unpaired) electrons. The number of benzene rings is 2. The van der Waals surface area contributed by atoms with Crippen molar-refractivity contribution >= 4 is 44.3 Å². The lowest BCUT2D eigenvalue weighted by Crippen LogP contribution is -2.53. The zero-order valence-corrected chi connectivity index (χ0v) is 19.6. The predicted octanol–water partition coefficient (Wildman–Crippen LogP) is 3.31. The maximum absolute atomic E-state index is 13.2. The number of ether oxygens (including phenoxy) is 1. The molecule has 9 heteroatoms. The van der Waals surface area contributed by atoms with Gasteiger partial charge in [0.25, 0.3) is 0 Å². The average molecular weight is 479 g/mol. The normalized spacial score (nSPS) is 22.8. The standard InChI is InChI=1S/C23H27ClN2O5S/c1-31-23(28)17-4-2-16(3-5-17)14-25-10-11-26(15-22(25)27)32(29,30)21-9-7-18-12-20(24)8-6-19(18)13-21/h6-9,12-13,16-17H,2-5,10-11,14-15H2,1H3/t16-,17-. The van der Waals surface area contributed by atoms with Crippen molar-refractivity contribution < 1.29 is 22.7 Å². The Hall–Kier alpha value is -2.16. The van der Waals surface area contributed by atoms with Crippen LogP contribution in [-0.2, 0) is 24.3 Å². The van der Waals surface area contributed by atoms with Crippen LogP contribution in [-0.4, -0.2) is 62.8 Å². The molecule has 172 valence electrons. The number of nitrogens with zero attached hydrogens (tertiary/aromatic N) is 2. The summed E-state index contributed by atoms with van der Waals surface area (Å²) in [5.74, 6) is -0.0557. The summed E-state index contributed by atoms with van der Waals surface area (Å²) >= 11 is 6.01. The molecule has 0 N–H and O–H groups in total. The van der Waals surface area contributed by atoms with E-state index < -0.39 is 10.0 Å². The minimum Gasteiger partial charge on any atom is -0.469 e. The number of fused-ring (bicyclic) bond motifs is 1. The number of carbonyl (C=O) groups is 2. The van der Waals surface area contributed by atoms with Gasteiger partial charge < -0.3 is 9.64 Å². The summed E-state index contributed by atoms with van der Waals surface area (Å²) < 4.78 is 32.4. The molecule has 1 saturated carbocycles. The summed E-state index contributed by atoms with van der Waals surface area (Å²) in [5.41, 5.74) is 0. The number of sulfonamides is 1. The van der Waals surface area contributed by atoms with Gasteiger partial charge in [-0.05, 0) is 66.6 Å². The molecule has 4 rings (SSSR count). The van der Waals surface area contributed by atoms with Gasteiger partial charge in [-0.25, -0.2) is 8.42 Å². The zero-order valence-electron chi connectivity index (χ0n) is 18.0. The Morgan fingerprint density at radius 3 is 2.44 bits per heavy atom. The number of hydrogen-bond acceptors (Lipinski definition) is 5. The third-order valence-corrected chi connectivity index (χ3v) is 8.63. The monoisotopic (exact) mass is 478 g/mol. The molecule has 0 bridgehead atoms. The molecule has 7 nitrogen and oxygen atoms in total. The Morgan fingerprint density at radius 1 is 1.06 bits per heavy atom. The van der Waals surface area contributed by atoms with Crippen molar-refractivity contribution in [2.24, 2.45) is 11.8 Å². The molecule has 0 atom stereocenters. The first kappa shape index (κ1) is 23.0. The third-order valence-electron chi connectivity index (χ3n) is 6.56. The fraction of sp³-hybridized carbons (Fsp3) is 0.478. The van der Waals surface area contributed by atoms with Crippen LogP contribution < -0.4 is 0 Å². The van der Waals surface area contributed by atoms with Gasteiger partial charge in [-0.15, -0.1) is 0 Å². The number of rotatable bonds is 5. The number of halogens is 1. The topological polar surface area (TPSA) is 84.0 Å². The molecular formula is C23H27ClN2O5S. The smallest absolute Gasteiger partial charge is 0.308 e. The number of esters is 1. The molecule has 0 aromatic heterocycles. The van der Waals surface area contributed by atoms with Crippen molar-refractivity contribution in [2.45, 2.75) is 30.6 Å². The van der Waals surface area contributed by atoms with Crippen LogP contribution >= 0.6 is 11.6 Å². The Labute approximate surface area is 193 Å². The maximum Gasteiger partial charge on any atom is 0.308 e. The van der Waals surface area contributed by atoms with E-state index in [1.165, 1.54) is 11.4 Å². The van der Waals surface area contributed by atoms with Crippen molar-refractivity contribution in [1.29, 1.82) is 0 Å². The van der Waals surface area contributed by atoms with E-state index in [4.69, 9.17) is 16.3 Å². The highest BCUT2D eigenvalue weighted by Gasteiger charge is 2.35. The molecule has 0 spiro atoms. The zero-order chi connectivity index (χ0) is 22.9. The molecule has 1 aliphatic carbocycles. The van der Waals surface area contributed by atoms with Gasteiger partial charge >= 0.3 is 5.97 Å². The molecule has 0 unspecified atom stereocenters. The van der Waals surface area contributed by atoms with Gasteiger partial charge in [0, 0.05) is 24.7 Å². The van der Waals surface area contributed by atoms with E-state index >= 15 is 0 Å². The maximum atomic E-state index is 13.2. The Bertz CT molecular complexity index is 1130. The van der Waals surface area contributed by atoms with Gasteiger partial charge in [0.05, 0.1) is 24.5 Å². The molecule has 1 aliphatic heterocycles. The van der Waals surface area contributed by atoms with Crippen molar-refractivity contribution in [3.8, 4) is 0 Å². The van der Waals surface area contributed by atoms with Crippen LogP contribution in [0, 0.1) is 11.8 Å². The van der Waals surface area contributed by atoms with Crippen LogP contribution in [0.1, 0.15) is 25.7 Å². The molecule has 32 heavy (non-hydrogen) atoms. The summed E-state index contributed by atoms with van der Waals surface area (Å²) in [5, 5.41) is 2.23. The van der Waals surface area contributed by atoms with E-state index in [1.807, 2.05) is 0 Å². The number of piperazine rings is 1. The summed E-state index contributed by atoms with van der Waals surface area (Å²) in [6.45, 7) is 1.10. The van der Waals surface area contributed by atoms with Crippen molar-refractivity contribution in [2.75, 3.05) is 33.3 Å². The fourth-order valence-corrected chi connectivity index (χ4v) is 6.25. The molecule has 1 saturated heterocycles. The van der Waals surface area contributed by atoms with Gasteiger partial charge in [-0.1, -0.05) is 23.7 Å². The second-order valence-electron chi connectivity index (χ2n) is 8.57. The first-order chi connectivity index (χ1) is 15.3. The van der Waals surface area contributed by atoms with Gasteiger partial charge in [-0.3, -0.25) is 9.59 Å². The van der Waals surface area contributed by atoms with Crippen molar-refractivity contribution in [3.05, 3.63) is 41.4 Å². The summed E-state index contributed by atoms with van der Waals surface area (Å²) in [4.78, 5) is 26.4. The lowest BCUT2D eigenvalue weighted by atomic mass is 9.81. The van der Waals surface area contributed by atoms with Crippen LogP contribution in [0.25, 0.3) is 10.8 Å². The number of hydrogen-bond donors (Lipinski definition) is 0. The summed E-state index contributed by atoms with van der Waals surface area (Å²) in [6.07, 6.45) is 3.28. The first-order valence-electron chi connectivity index (χ1n) is 10.8. The molecule has 1 amide bonds. The minimum absolute atomic E-state index is 0.0491. The van der Waals surface area contributed by atoms with E-state index in [-0.39, 0.29) is 35.8 Å². The fourth-order valence-electron chi connectivity index (χ4n) is 4.65. The Kier molecular flexibility index (Phi) is 6.74.